The van der Waals surface area contributed by atoms with Crippen LogP contribution in [0.4, 0.5) is 4.39 Å². The first-order valence-corrected chi connectivity index (χ1v) is 10.3. The predicted octanol–water partition coefficient (Wildman–Crippen LogP) is 3.12. The van der Waals surface area contributed by atoms with Crippen LogP contribution in [-0.4, -0.2) is 27.1 Å². The summed E-state index contributed by atoms with van der Waals surface area (Å²) < 4.78 is 15.1. The van der Waals surface area contributed by atoms with E-state index < -0.39 is 11.9 Å². The summed E-state index contributed by atoms with van der Waals surface area (Å²) in [5.74, 6) is -0.0631. The smallest absolute Gasteiger partial charge is 0.261 e. The summed E-state index contributed by atoms with van der Waals surface area (Å²) in [7, 11) is 0. The van der Waals surface area contributed by atoms with E-state index in [9.17, 15) is 19.1 Å². The van der Waals surface area contributed by atoms with Gasteiger partial charge in [0.2, 0.25) is 0 Å². The Morgan fingerprint density at radius 1 is 1.17 bits per heavy atom. The fourth-order valence-electron chi connectivity index (χ4n) is 3.86. The topological polar surface area (TPSA) is 84.2 Å². The highest BCUT2D eigenvalue weighted by Gasteiger charge is 2.16. The molecular weight excluding hydrogens is 385 g/mol. The number of amides is 1. The molecule has 0 spiro atoms. The predicted molar refractivity (Wildman–Crippen MR) is 112 cm³/mol. The van der Waals surface area contributed by atoms with Crippen molar-refractivity contribution in [2.45, 2.75) is 44.8 Å². The number of nitrogens with one attached hydrogen (secondary N) is 1. The molecule has 0 bridgehead atoms. The quantitative estimate of drug-likeness (QED) is 0.694. The molecule has 1 amide bonds. The van der Waals surface area contributed by atoms with Crippen molar-refractivity contribution in [1.29, 1.82) is 0 Å². The normalized spacial score (nSPS) is 15.1. The minimum Gasteiger partial charge on any atom is -0.387 e. The number of hydrogen-bond donors (Lipinski definition) is 2. The Kier molecular flexibility index (Phi) is 5.90. The maximum atomic E-state index is 13.3. The second-order valence-corrected chi connectivity index (χ2v) is 7.66. The standard InChI is InChI=1S/C23H24FN3O3/c24-17-7-5-6-15(12-17)20(28)14-25-22(29)16-9-10-18-19(13-16)26-21-8-3-1-2-4-11-27(21)23(18)30/h5-7,9-10,12-13,20,28H,1-4,8,11,14H2,(H,25,29). The van der Waals surface area contributed by atoms with Gasteiger partial charge in [0.1, 0.15) is 11.6 Å². The largest absolute Gasteiger partial charge is 0.387 e. The summed E-state index contributed by atoms with van der Waals surface area (Å²) >= 11 is 0. The van der Waals surface area contributed by atoms with E-state index >= 15 is 0 Å². The molecule has 1 atom stereocenters. The number of aromatic nitrogens is 2. The second-order valence-electron chi connectivity index (χ2n) is 7.66. The highest BCUT2D eigenvalue weighted by Crippen LogP contribution is 2.17. The molecular formula is C23H24FN3O3. The molecule has 1 aliphatic rings. The van der Waals surface area contributed by atoms with Crippen molar-refractivity contribution >= 4 is 16.8 Å². The van der Waals surface area contributed by atoms with Crippen molar-refractivity contribution in [3.63, 3.8) is 0 Å². The molecule has 2 N–H and O–H groups in total. The van der Waals surface area contributed by atoms with E-state index in [2.05, 4.69) is 10.3 Å². The molecule has 7 heteroatoms. The lowest BCUT2D eigenvalue weighted by atomic mass is 10.1. The molecule has 0 aliphatic carbocycles. The van der Waals surface area contributed by atoms with Crippen molar-refractivity contribution < 1.29 is 14.3 Å². The van der Waals surface area contributed by atoms with E-state index in [1.165, 1.54) is 18.2 Å². The molecule has 1 aliphatic heterocycles. The van der Waals surface area contributed by atoms with Crippen molar-refractivity contribution in [1.82, 2.24) is 14.9 Å². The van der Waals surface area contributed by atoms with E-state index in [4.69, 9.17) is 0 Å². The molecule has 2 heterocycles. The van der Waals surface area contributed by atoms with E-state index in [0.29, 0.717) is 28.6 Å². The average molecular weight is 409 g/mol. The summed E-state index contributed by atoms with van der Waals surface area (Å²) in [6.07, 6.45) is 3.94. The number of carbonyl (C=O) groups excluding carboxylic acids is 1. The van der Waals surface area contributed by atoms with Gasteiger partial charge < -0.3 is 10.4 Å². The number of benzene rings is 2. The van der Waals surface area contributed by atoms with Crippen LogP contribution in [0.1, 0.15) is 53.5 Å². The molecule has 0 radical (unpaired) electrons. The summed E-state index contributed by atoms with van der Waals surface area (Å²) in [6, 6.07) is 10.5. The molecule has 6 nitrogen and oxygen atoms in total. The summed E-state index contributed by atoms with van der Waals surface area (Å²) in [6.45, 7) is 0.623. The van der Waals surface area contributed by atoms with E-state index in [1.54, 1.807) is 28.8 Å². The van der Waals surface area contributed by atoms with Gasteiger partial charge >= 0.3 is 0 Å². The Morgan fingerprint density at radius 2 is 2.00 bits per heavy atom. The lowest BCUT2D eigenvalue weighted by Gasteiger charge is -2.16. The fourth-order valence-corrected chi connectivity index (χ4v) is 3.86. The van der Waals surface area contributed by atoms with Crippen LogP contribution in [-0.2, 0) is 13.0 Å². The summed E-state index contributed by atoms with van der Waals surface area (Å²) in [5.41, 5.74) is 1.19. The number of carbonyl (C=O) groups is 1. The van der Waals surface area contributed by atoms with E-state index in [1.807, 2.05) is 0 Å². The van der Waals surface area contributed by atoms with Gasteiger partial charge in [-0.05, 0) is 48.7 Å². The van der Waals surface area contributed by atoms with Crippen LogP contribution >= 0.6 is 0 Å². The van der Waals surface area contributed by atoms with E-state index in [0.717, 1.165) is 37.9 Å². The summed E-state index contributed by atoms with van der Waals surface area (Å²) in [5, 5.41) is 13.3. The Labute approximate surface area is 173 Å². The number of fused-ring (bicyclic) bond motifs is 2. The second kappa shape index (κ2) is 8.75. The zero-order valence-electron chi connectivity index (χ0n) is 16.6. The van der Waals surface area contributed by atoms with Crippen LogP contribution in [0, 0.1) is 5.82 Å². The Hall–Kier alpha value is -3.06. The number of nitrogens with zero attached hydrogens (tertiary/aromatic N) is 2. The van der Waals surface area contributed by atoms with Gasteiger partial charge in [-0.3, -0.25) is 14.2 Å². The van der Waals surface area contributed by atoms with Crippen LogP contribution in [0.3, 0.4) is 0 Å². The third-order valence-corrected chi connectivity index (χ3v) is 5.52. The molecule has 1 unspecified atom stereocenters. The lowest BCUT2D eigenvalue weighted by molar-refractivity contribution is 0.0916. The lowest BCUT2D eigenvalue weighted by Crippen LogP contribution is -2.29. The monoisotopic (exact) mass is 409 g/mol. The molecule has 0 saturated carbocycles. The highest BCUT2D eigenvalue weighted by molar-refractivity contribution is 5.97. The number of hydrogen-bond acceptors (Lipinski definition) is 4. The SMILES string of the molecule is O=C(NCC(O)c1cccc(F)c1)c1ccc2c(=O)n3c(nc2c1)CCCCCC3. The Balaban J connectivity index is 1.54. The number of aliphatic hydroxyl groups is 1. The number of halogens is 1. The third kappa shape index (κ3) is 4.26. The van der Waals surface area contributed by atoms with Gasteiger partial charge in [0, 0.05) is 25.1 Å². The van der Waals surface area contributed by atoms with Crippen LogP contribution in [0.25, 0.3) is 10.9 Å². The molecule has 0 fully saturated rings. The van der Waals surface area contributed by atoms with Crippen LogP contribution in [0.15, 0.2) is 47.3 Å². The van der Waals surface area contributed by atoms with Crippen molar-refractivity contribution in [2.75, 3.05) is 6.54 Å². The third-order valence-electron chi connectivity index (χ3n) is 5.52. The maximum Gasteiger partial charge on any atom is 0.261 e. The fraction of sp³-hybridized carbons (Fsp3) is 0.348. The molecule has 0 saturated heterocycles. The molecule has 30 heavy (non-hydrogen) atoms. The first kappa shape index (κ1) is 20.2. The minimum atomic E-state index is -1.02. The van der Waals surface area contributed by atoms with Crippen molar-refractivity contribution in [3.05, 3.63) is 75.6 Å². The van der Waals surface area contributed by atoms with Gasteiger partial charge in [0.15, 0.2) is 0 Å². The maximum absolute atomic E-state index is 13.3. The first-order valence-electron chi connectivity index (χ1n) is 10.3. The van der Waals surface area contributed by atoms with Crippen LogP contribution < -0.4 is 10.9 Å². The number of aliphatic hydroxyl groups excluding tert-OH is 1. The minimum absolute atomic E-state index is 0.0550. The Bertz CT molecular complexity index is 1140. The van der Waals surface area contributed by atoms with Crippen molar-refractivity contribution in [2.24, 2.45) is 0 Å². The summed E-state index contributed by atoms with van der Waals surface area (Å²) in [4.78, 5) is 30.1. The Morgan fingerprint density at radius 3 is 2.83 bits per heavy atom. The average Bonchev–Trinajstić information content (AvgIpc) is 2.73. The van der Waals surface area contributed by atoms with E-state index in [-0.39, 0.29) is 18.0 Å². The van der Waals surface area contributed by atoms with Gasteiger partial charge in [-0.1, -0.05) is 25.0 Å². The van der Waals surface area contributed by atoms with Gasteiger partial charge in [-0.25, -0.2) is 9.37 Å². The number of aryl methyl sites for hydroxylation is 1. The van der Waals surface area contributed by atoms with Gasteiger partial charge in [0.05, 0.1) is 17.0 Å². The molecule has 1 aromatic heterocycles. The van der Waals surface area contributed by atoms with Gasteiger partial charge in [0.25, 0.3) is 11.5 Å². The first-order chi connectivity index (χ1) is 14.5. The zero-order chi connectivity index (χ0) is 21.1. The van der Waals surface area contributed by atoms with Crippen LogP contribution in [0.2, 0.25) is 0 Å². The molecule has 156 valence electrons. The molecule has 3 aromatic rings. The van der Waals surface area contributed by atoms with Crippen molar-refractivity contribution in [3.8, 4) is 0 Å². The zero-order valence-corrected chi connectivity index (χ0v) is 16.6. The van der Waals surface area contributed by atoms with Gasteiger partial charge in [-0.15, -0.1) is 0 Å². The highest BCUT2D eigenvalue weighted by atomic mass is 19.1. The van der Waals surface area contributed by atoms with Gasteiger partial charge in [-0.2, -0.15) is 0 Å². The molecule has 2 aromatic carbocycles. The number of rotatable bonds is 4. The van der Waals surface area contributed by atoms with Crippen LogP contribution in [0.5, 0.6) is 0 Å². The molecule has 4 rings (SSSR count).